The fourth-order valence-electron chi connectivity index (χ4n) is 3.04. The molecule has 0 bridgehead atoms. The fourth-order valence-corrected chi connectivity index (χ4v) is 3.04. The molecule has 0 amide bonds. The number of rotatable bonds is 3. The number of pyridine rings is 1. The van der Waals surface area contributed by atoms with Gasteiger partial charge in [0.05, 0.1) is 5.92 Å². The van der Waals surface area contributed by atoms with E-state index in [-0.39, 0.29) is 11.7 Å². The third kappa shape index (κ3) is 2.99. The van der Waals surface area contributed by atoms with Gasteiger partial charge in [0.1, 0.15) is 11.6 Å². The quantitative estimate of drug-likeness (QED) is 0.736. The molecule has 1 aliphatic heterocycles. The van der Waals surface area contributed by atoms with Gasteiger partial charge in [0.2, 0.25) is 11.7 Å². The van der Waals surface area contributed by atoms with E-state index >= 15 is 0 Å². The average Bonchev–Trinajstić information content (AvgIpc) is 3.13. The Labute approximate surface area is 139 Å². The minimum atomic E-state index is -0.277. The fraction of sp³-hybridized carbons (Fsp3) is 0.278. The van der Waals surface area contributed by atoms with Crippen molar-refractivity contribution in [2.75, 3.05) is 18.0 Å². The van der Waals surface area contributed by atoms with Gasteiger partial charge in [0.25, 0.3) is 0 Å². The lowest BCUT2D eigenvalue weighted by Crippen LogP contribution is -2.35. The molecule has 1 fully saturated rings. The third-order valence-corrected chi connectivity index (χ3v) is 4.29. The van der Waals surface area contributed by atoms with Crippen molar-refractivity contribution in [3.63, 3.8) is 0 Å². The van der Waals surface area contributed by atoms with Crippen molar-refractivity contribution in [2.45, 2.75) is 18.8 Å². The molecule has 3 heterocycles. The van der Waals surface area contributed by atoms with Crippen LogP contribution in [0.15, 0.2) is 53.2 Å². The Morgan fingerprint density at radius 3 is 2.79 bits per heavy atom. The monoisotopic (exact) mass is 324 g/mol. The normalized spacial score (nSPS) is 17.9. The minimum Gasteiger partial charge on any atom is -0.356 e. The molecule has 1 saturated heterocycles. The van der Waals surface area contributed by atoms with Crippen LogP contribution in [0.5, 0.6) is 0 Å². The van der Waals surface area contributed by atoms with Gasteiger partial charge in [-0.2, -0.15) is 4.98 Å². The lowest BCUT2D eigenvalue weighted by Gasteiger charge is -2.31. The number of aromatic nitrogens is 3. The van der Waals surface area contributed by atoms with E-state index in [0.717, 1.165) is 37.3 Å². The Balaban J connectivity index is 1.52. The number of hydrogen-bond donors (Lipinski definition) is 0. The van der Waals surface area contributed by atoms with Crippen molar-refractivity contribution >= 4 is 5.82 Å². The zero-order valence-electron chi connectivity index (χ0n) is 13.1. The molecule has 0 spiro atoms. The standard InChI is InChI=1S/C18H17FN4O/c19-15-8-6-13(7-9-15)17-21-18(24-22-17)14-4-3-11-23(12-14)16-5-1-2-10-20-16/h1-2,5-10,14H,3-4,11-12H2. The summed E-state index contributed by atoms with van der Waals surface area (Å²) >= 11 is 0. The number of anilines is 1. The molecule has 1 unspecified atom stereocenters. The Morgan fingerprint density at radius 2 is 2.00 bits per heavy atom. The largest absolute Gasteiger partial charge is 0.356 e. The highest BCUT2D eigenvalue weighted by atomic mass is 19.1. The van der Waals surface area contributed by atoms with Crippen molar-refractivity contribution in [1.29, 1.82) is 0 Å². The van der Waals surface area contributed by atoms with Crippen LogP contribution in [0.1, 0.15) is 24.7 Å². The van der Waals surface area contributed by atoms with Crippen molar-refractivity contribution in [3.05, 3.63) is 60.4 Å². The molecule has 24 heavy (non-hydrogen) atoms. The Morgan fingerprint density at radius 1 is 1.12 bits per heavy atom. The Kier molecular flexibility index (Phi) is 3.94. The molecule has 2 aromatic heterocycles. The van der Waals surface area contributed by atoms with Gasteiger partial charge in [0.15, 0.2) is 0 Å². The second kappa shape index (κ2) is 6.39. The van der Waals surface area contributed by atoms with E-state index in [0.29, 0.717) is 11.7 Å². The van der Waals surface area contributed by atoms with Crippen molar-refractivity contribution in [1.82, 2.24) is 15.1 Å². The average molecular weight is 324 g/mol. The van der Waals surface area contributed by atoms with Crippen LogP contribution in [0.25, 0.3) is 11.4 Å². The maximum absolute atomic E-state index is 13.0. The molecule has 0 saturated carbocycles. The summed E-state index contributed by atoms with van der Waals surface area (Å²) in [6, 6.07) is 12.0. The molecule has 1 aromatic carbocycles. The molecular weight excluding hydrogens is 307 g/mol. The highest BCUT2D eigenvalue weighted by Gasteiger charge is 2.26. The molecule has 5 nitrogen and oxygen atoms in total. The smallest absolute Gasteiger partial charge is 0.231 e. The number of halogens is 1. The number of hydrogen-bond acceptors (Lipinski definition) is 5. The number of nitrogens with zero attached hydrogens (tertiary/aromatic N) is 4. The number of benzene rings is 1. The molecule has 6 heteroatoms. The first kappa shape index (κ1) is 14.8. The first-order valence-electron chi connectivity index (χ1n) is 8.05. The van der Waals surface area contributed by atoms with Crippen LogP contribution in [0, 0.1) is 5.82 Å². The molecule has 3 aromatic rings. The van der Waals surface area contributed by atoms with Crippen LogP contribution in [0.3, 0.4) is 0 Å². The lowest BCUT2D eigenvalue weighted by atomic mass is 9.98. The molecule has 1 atom stereocenters. The van der Waals surface area contributed by atoms with Gasteiger partial charge in [0, 0.05) is 24.8 Å². The SMILES string of the molecule is Fc1ccc(-c2noc(C3CCCN(c4ccccn4)C3)n2)cc1. The molecule has 1 aliphatic rings. The predicted molar refractivity (Wildman–Crippen MR) is 88.1 cm³/mol. The number of piperidine rings is 1. The Hall–Kier alpha value is -2.76. The zero-order valence-corrected chi connectivity index (χ0v) is 13.1. The predicted octanol–water partition coefficient (Wildman–Crippen LogP) is 3.65. The van der Waals surface area contributed by atoms with Crippen LogP contribution < -0.4 is 4.90 Å². The third-order valence-electron chi connectivity index (χ3n) is 4.29. The minimum absolute atomic E-state index is 0.183. The molecule has 0 radical (unpaired) electrons. The van der Waals surface area contributed by atoms with Gasteiger partial charge >= 0.3 is 0 Å². The molecule has 122 valence electrons. The highest BCUT2D eigenvalue weighted by molar-refractivity contribution is 5.53. The highest BCUT2D eigenvalue weighted by Crippen LogP contribution is 2.29. The van der Waals surface area contributed by atoms with Gasteiger partial charge in [-0.25, -0.2) is 9.37 Å². The van der Waals surface area contributed by atoms with E-state index in [1.54, 1.807) is 18.3 Å². The lowest BCUT2D eigenvalue weighted by molar-refractivity contribution is 0.333. The van der Waals surface area contributed by atoms with Crippen molar-refractivity contribution in [3.8, 4) is 11.4 Å². The Bertz CT molecular complexity index is 803. The van der Waals surface area contributed by atoms with Gasteiger partial charge < -0.3 is 9.42 Å². The maximum Gasteiger partial charge on any atom is 0.231 e. The first-order valence-corrected chi connectivity index (χ1v) is 8.05. The maximum atomic E-state index is 13.0. The summed E-state index contributed by atoms with van der Waals surface area (Å²) in [5.41, 5.74) is 0.754. The summed E-state index contributed by atoms with van der Waals surface area (Å²) in [5.74, 6) is 2.01. The van der Waals surface area contributed by atoms with Crippen LogP contribution in [0.4, 0.5) is 10.2 Å². The summed E-state index contributed by atoms with van der Waals surface area (Å²) < 4.78 is 18.5. The second-order valence-electron chi connectivity index (χ2n) is 5.94. The van der Waals surface area contributed by atoms with Gasteiger partial charge in [-0.1, -0.05) is 11.2 Å². The molecule has 0 N–H and O–H groups in total. The summed E-state index contributed by atoms with van der Waals surface area (Å²) in [7, 11) is 0. The van der Waals surface area contributed by atoms with E-state index in [1.807, 2.05) is 18.2 Å². The summed E-state index contributed by atoms with van der Waals surface area (Å²) in [6.07, 6.45) is 3.86. The van der Waals surface area contributed by atoms with Gasteiger partial charge in [-0.3, -0.25) is 0 Å². The van der Waals surface area contributed by atoms with E-state index in [1.165, 1.54) is 12.1 Å². The first-order chi connectivity index (χ1) is 11.8. The zero-order chi connectivity index (χ0) is 16.4. The van der Waals surface area contributed by atoms with Crippen LogP contribution in [-0.4, -0.2) is 28.2 Å². The summed E-state index contributed by atoms with van der Waals surface area (Å²) in [4.78, 5) is 11.2. The molecule has 0 aliphatic carbocycles. The molecule has 4 rings (SSSR count). The van der Waals surface area contributed by atoms with Crippen LogP contribution in [0.2, 0.25) is 0 Å². The van der Waals surface area contributed by atoms with Crippen LogP contribution in [-0.2, 0) is 0 Å². The van der Waals surface area contributed by atoms with E-state index < -0.39 is 0 Å². The van der Waals surface area contributed by atoms with Crippen LogP contribution >= 0.6 is 0 Å². The van der Waals surface area contributed by atoms with Crippen molar-refractivity contribution < 1.29 is 8.91 Å². The second-order valence-corrected chi connectivity index (χ2v) is 5.94. The van der Waals surface area contributed by atoms with Gasteiger partial charge in [-0.05, 0) is 49.2 Å². The molecular formula is C18H17FN4O. The van der Waals surface area contributed by atoms with Gasteiger partial charge in [-0.15, -0.1) is 0 Å². The van der Waals surface area contributed by atoms with E-state index in [9.17, 15) is 4.39 Å². The summed E-state index contributed by atoms with van der Waals surface area (Å²) in [6.45, 7) is 1.79. The van der Waals surface area contributed by atoms with Crippen molar-refractivity contribution in [2.24, 2.45) is 0 Å². The van der Waals surface area contributed by atoms with E-state index in [4.69, 9.17) is 4.52 Å². The summed E-state index contributed by atoms with van der Waals surface area (Å²) in [5, 5.41) is 4.05. The van der Waals surface area contributed by atoms with E-state index in [2.05, 4.69) is 20.0 Å². The topological polar surface area (TPSA) is 55.1 Å².